The molecule has 0 fully saturated rings. The van der Waals surface area contributed by atoms with Crippen LogP contribution in [0.4, 0.5) is 0 Å². The van der Waals surface area contributed by atoms with Crippen LogP contribution in [0.1, 0.15) is 32.3 Å². The average molecular weight is 192 g/mol. The highest BCUT2D eigenvalue weighted by Crippen LogP contribution is 1.95. The minimum absolute atomic E-state index is 1.18. The lowest BCUT2D eigenvalue weighted by molar-refractivity contribution is -0.914. The van der Waals surface area contributed by atoms with Gasteiger partial charge in [-0.25, -0.2) is 0 Å². The van der Waals surface area contributed by atoms with Crippen molar-refractivity contribution in [1.82, 2.24) is 0 Å². The number of rotatable bonds is 6. The van der Waals surface area contributed by atoms with Gasteiger partial charge in [0.25, 0.3) is 0 Å². The van der Waals surface area contributed by atoms with E-state index in [9.17, 15) is 0 Å². The molecule has 0 unspecified atom stereocenters. The monoisotopic (exact) mass is 192 g/mol. The van der Waals surface area contributed by atoms with Crippen molar-refractivity contribution >= 4 is 0 Å². The van der Waals surface area contributed by atoms with Crippen molar-refractivity contribution in [3.05, 3.63) is 35.9 Å². The van der Waals surface area contributed by atoms with Crippen LogP contribution in [0.3, 0.4) is 0 Å². The topological polar surface area (TPSA) is 4.44 Å². The van der Waals surface area contributed by atoms with Gasteiger partial charge in [-0.1, -0.05) is 44.2 Å². The lowest BCUT2D eigenvalue weighted by Gasteiger charge is -2.17. The van der Waals surface area contributed by atoms with Crippen molar-refractivity contribution in [3.8, 4) is 0 Å². The Morgan fingerprint density at radius 1 is 0.929 bits per heavy atom. The molecule has 78 valence electrons. The van der Waals surface area contributed by atoms with Crippen molar-refractivity contribution in [1.29, 1.82) is 0 Å². The van der Waals surface area contributed by atoms with Gasteiger partial charge >= 0.3 is 0 Å². The molecule has 0 radical (unpaired) electrons. The summed E-state index contributed by atoms with van der Waals surface area (Å²) in [7, 11) is 0. The zero-order valence-corrected chi connectivity index (χ0v) is 9.42. The third-order valence-corrected chi connectivity index (χ3v) is 2.50. The zero-order valence-electron chi connectivity index (χ0n) is 9.42. The Bertz CT molecular complexity index is 224. The molecule has 0 aromatic heterocycles. The first kappa shape index (κ1) is 11.3. The molecule has 1 N–H and O–H groups in total. The Morgan fingerprint density at radius 3 is 2.00 bits per heavy atom. The van der Waals surface area contributed by atoms with Gasteiger partial charge in [0.15, 0.2) is 0 Å². The van der Waals surface area contributed by atoms with Gasteiger partial charge in [0, 0.05) is 5.56 Å². The molecule has 1 rings (SSSR count). The molecule has 14 heavy (non-hydrogen) atoms. The lowest BCUT2D eigenvalue weighted by atomic mass is 10.2. The Morgan fingerprint density at radius 2 is 1.50 bits per heavy atom. The van der Waals surface area contributed by atoms with Crippen LogP contribution >= 0.6 is 0 Å². The largest absolute Gasteiger partial charge is 0.331 e. The molecule has 1 aromatic carbocycles. The second kappa shape index (κ2) is 6.61. The van der Waals surface area contributed by atoms with Crippen LogP contribution < -0.4 is 4.90 Å². The molecule has 1 heteroatoms. The Balaban J connectivity index is 2.46. The first-order valence-corrected chi connectivity index (χ1v) is 5.74. The quantitative estimate of drug-likeness (QED) is 0.702. The predicted molar refractivity (Wildman–Crippen MR) is 61.4 cm³/mol. The first-order chi connectivity index (χ1) is 6.86. The number of hydrogen-bond donors (Lipinski definition) is 1. The van der Waals surface area contributed by atoms with E-state index in [1.807, 2.05) is 0 Å². The fourth-order valence-corrected chi connectivity index (χ4v) is 1.89. The Labute approximate surface area is 87.7 Å². The highest BCUT2D eigenvalue weighted by Gasteiger charge is 2.05. The number of hydrogen-bond acceptors (Lipinski definition) is 0. The zero-order chi connectivity index (χ0) is 10.2. The summed E-state index contributed by atoms with van der Waals surface area (Å²) in [5, 5.41) is 0. The van der Waals surface area contributed by atoms with Crippen molar-refractivity contribution in [3.63, 3.8) is 0 Å². The van der Waals surface area contributed by atoms with Crippen LogP contribution in [0.25, 0.3) is 0 Å². The van der Waals surface area contributed by atoms with E-state index >= 15 is 0 Å². The van der Waals surface area contributed by atoms with E-state index < -0.39 is 0 Å². The van der Waals surface area contributed by atoms with E-state index in [-0.39, 0.29) is 0 Å². The third kappa shape index (κ3) is 3.93. The maximum atomic E-state index is 2.26. The standard InChI is InChI=1S/C13H21N/c1-3-10-14(11-4-2)12-13-8-6-5-7-9-13/h5-9H,3-4,10-12H2,1-2H3/p+1. The second-order valence-electron chi connectivity index (χ2n) is 3.91. The molecule has 0 saturated heterocycles. The Hall–Kier alpha value is -0.820. The van der Waals surface area contributed by atoms with Crippen molar-refractivity contribution in [2.45, 2.75) is 33.2 Å². The van der Waals surface area contributed by atoms with Gasteiger partial charge < -0.3 is 4.90 Å². The molecule has 0 aliphatic carbocycles. The van der Waals surface area contributed by atoms with Crippen LogP contribution in [0.15, 0.2) is 30.3 Å². The lowest BCUT2D eigenvalue weighted by Crippen LogP contribution is -3.10. The highest BCUT2D eigenvalue weighted by atomic mass is 15.1. The molecule has 0 aliphatic heterocycles. The molecular weight excluding hydrogens is 170 g/mol. The summed E-state index contributed by atoms with van der Waals surface area (Å²) in [6, 6.07) is 10.8. The molecule has 0 heterocycles. The molecule has 0 atom stereocenters. The molecule has 0 saturated carbocycles. The van der Waals surface area contributed by atoms with Crippen LogP contribution in [-0.2, 0) is 6.54 Å². The normalized spacial score (nSPS) is 10.8. The van der Waals surface area contributed by atoms with Gasteiger partial charge in [-0.3, -0.25) is 0 Å². The first-order valence-electron chi connectivity index (χ1n) is 5.74. The fourth-order valence-electron chi connectivity index (χ4n) is 1.89. The summed E-state index contributed by atoms with van der Waals surface area (Å²) in [5.74, 6) is 0. The fraction of sp³-hybridized carbons (Fsp3) is 0.538. The summed E-state index contributed by atoms with van der Waals surface area (Å²) >= 11 is 0. The maximum absolute atomic E-state index is 2.26. The van der Waals surface area contributed by atoms with Gasteiger partial charge in [-0.2, -0.15) is 0 Å². The van der Waals surface area contributed by atoms with Gasteiger partial charge in [0.1, 0.15) is 6.54 Å². The van der Waals surface area contributed by atoms with E-state index in [1.54, 1.807) is 4.90 Å². The molecule has 0 spiro atoms. The Kier molecular flexibility index (Phi) is 5.31. The van der Waals surface area contributed by atoms with E-state index in [0.717, 1.165) is 0 Å². The van der Waals surface area contributed by atoms with Crippen LogP contribution in [0, 0.1) is 0 Å². The van der Waals surface area contributed by atoms with E-state index in [1.165, 1.54) is 38.0 Å². The molecule has 1 nitrogen and oxygen atoms in total. The van der Waals surface area contributed by atoms with Gasteiger partial charge in [-0.05, 0) is 12.8 Å². The number of benzene rings is 1. The summed E-state index contributed by atoms with van der Waals surface area (Å²) in [5.41, 5.74) is 1.46. The average Bonchev–Trinajstić information content (AvgIpc) is 2.20. The van der Waals surface area contributed by atoms with E-state index in [2.05, 4.69) is 44.2 Å². The molecular formula is C13H22N+. The molecule has 1 aromatic rings. The van der Waals surface area contributed by atoms with E-state index in [0.29, 0.717) is 0 Å². The summed E-state index contributed by atoms with van der Waals surface area (Å²) in [6.45, 7) is 8.30. The summed E-state index contributed by atoms with van der Waals surface area (Å²) < 4.78 is 0. The molecule has 0 amide bonds. The van der Waals surface area contributed by atoms with Crippen molar-refractivity contribution in [2.75, 3.05) is 13.1 Å². The van der Waals surface area contributed by atoms with Crippen LogP contribution in [-0.4, -0.2) is 13.1 Å². The van der Waals surface area contributed by atoms with Crippen molar-refractivity contribution in [2.24, 2.45) is 0 Å². The predicted octanol–water partition coefficient (Wildman–Crippen LogP) is 1.89. The number of quaternary nitrogens is 1. The smallest absolute Gasteiger partial charge is 0.103 e. The third-order valence-electron chi connectivity index (χ3n) is 2.50. The highest BCUT2D eigenvalue weighted by molar-refractivity contribution is 5.13. The van der Waals surface area contributed by atoms with Crippen molar-refractivity contribution < 1.29 is 4.90 Å². The number of nitrogens with one attached hydrogen (secondary N) is 1. The SMILES string of the molecule is CCC[NH+](CCC)Cc1ccccc1. The van der Waals surface area contributed by atoms with Gasteiger partial charge in [0.2, 0.25) is 0 Å². The molecule has 0 aliphatic rings. The van der Waals surface area contributed by atoms with E-state index in [4.69, 9.17) is 0 Å². The summed E-state index contributed by atoms with van der Waals surface area (Å²) in [4.78, 5) is 1.71. The summed E-state index contributed by atoms with van der Waals surface area (Å²) in [6.07, 6.45) is 2.56. The minimum atomic E-state index is 1.18. The van der Waals surface area contributed by atoms with Gasteiger partial charge in [0.05, 0.1) is 13.1 Å². The van der Waals surface area contributed by atoms with Crippen LogP contribution in [0.2, 0.25) is 0 Å². The van der Waals surface area contributed by atoms with Gasteiger partial charge in [-0.15, -0.1) is 0 Å². The maximum Gasteiger partial charge on any atom is 0.103 e. The second-order valence-corrected chi connectivity index (χ2v) is 3.91. The van der Waals surface area contributed by atoms with Crippen LogP contribution in [0.5, 0.6) is 0 Å². The minimum Gasteiger partial charge on any atom is -0.331 e. The molecule has 0 bridgehead atoms.